The van der Waals surface area contributed by atoms with E-state index in [-0.39, 0.29) is 43.2 Å². The van der Waals surface area contributed by atoms with Crippen LogP contribution in [0.3, 0.4) is 0 Å². The van der Waals surface area contributed by atoms with E-state index in [9.17, 15) is 9.59 Å². The summed E-state index contributed by atoms with van der Waals surface area (Å²) < 4.78 is 15.5. The Kier molecular flexibility index (Phi) is 9.25. The lowest BCUT2D eigenvalue weighted by molar-refractivity contribution is -0.157. The Bertz CT molecular complexity index is 404. The Balaban J connectivity index is 2.38. The molecular weight excluding hydrogens is 312 g/mol. The number of likely N-dealkylation sites (N-methyl/N-ethyl adjacent to an activating group) is 2. The summed E-state index contributed by atoms with van der Waals surface area (Å²) in [5.41, 5.74) is 0. The van der Waals surface area contributed by atoms with Crippen molar-refractivity contribution in [3.63, 3.8) is 0 Å². The van der Waals surface area contributed by atoms with Crippen LogP contribution in [-0.4, -0.2) is 81.5 Å². The molecule has 3 unspecified atom stereocenters. The number of nitrogens with zero attached hydrogens (tertiary/aromatic N) is 2. The second kappa shape index (κ2) is 10.6. The number of hydrogen-bond donors (Lipinski definition) is 0. The van der Waals surface area contributed by atoms with Crippen molar-refractivity contribution in [3.8, 4) is 0 Å². The maximum atomic E-state index is 12.5. The van der Waals surface area contributed by atoms with Crippen molar-refractivity contribution in [2.75, 3.05) is 47.6 Å². The second-order valence-corrected chi connectivity index (χ2v) is 6.45. The molecule has 24 heavy (non-hydrogen) atoms. The molecule has 0 spiro atoms. The van der Waals surface area contributed by atoms with Gasteiger partial charge in [-0.05, 0) is 26.4 Å². The molecule has 0 aromatic carbocycles. The Morgan fingerprint density at radius 2 is 1.96 bits per heavy atom. The van der Waals surface area contributed by atoms with Crippen LogP contribution in [0.1, 0.15) is 33.1 Å². The third-order valence-electron chi connectivity index (χ3n) is 4.55. The second-order valence-electron chi connectivity index (χ2n) is 6.45. The van der Waals surface area contributed by atoms with Gasteiger partial charge in [0.25, 0.3) is 0 Å². The molecule has 1 heterocycles. The summed E-state index contributed by atoms with van der Waals surface area (Å²) >= 11 is 0. The summed E-state index contributed by atoms with van der Waals surface area (Å²) in [6.07, 6.45) is 1.46. The van der Waals surface area contributed by atoms with Crippen molar-refractivity contribution in [2.24, 2.45) is 5.92 Å². The minimum Gasteiger partial charge on any atom is -0.438 e. The quantitative estimate of drug-likeness (QED) is 0.437. The Morgan fingerprint density at radius 3 is 2.58 bits per heavy atom. The summed E-state index contributed by atoms with van der Waals surface area (Å²) in [5, 5.41) is 0. The standard InChI is InChI=1S/C17H32N2O5/c1-6-18(3)9-10-19(4)17(21)13(2)15-8-7-14(24-15)11-16(20)23-12-22-5/h13-15H,6-12H2,1-5H3. The summed E-state index contributed by atoms with van der Waals surface area (Å²) in [6.45, 7) is 6.47. The zero-order chi connectivity index (χ0) is 18.1. The fraction of sp³-hybridized carbons (Fsp3) is 0.882. The number of rotatable bonds is 10. The van der Waals surface area contributed by atoms with Gasteiger partial charge in [-0.3, -0.25) is 9.59 Å². The summed E-state index contributed by atoms with van der Waals surface area (Å²) in [4.78, 5) is 28.0. The minimum atomic E-state index is -0.332. The van der Waals surface area contributed by atoms with E-state index in [1.165, 1.54) is 7.11 Å². The van der Waals surface area contributed by atoms with Gasteiger partial charge in [-0.1, -0.05) is 13.8 Å². The van der Waals surface area contributed by atoms with E-state index >= 15 is 0 Å². The molecular formula is C17H32N2O5. The van der Waals surface area contributed by atoms with Crippen molar-refractivity contribution in [3.05, 3.63) is 0 Å². The average molecular weight is 344 g/mol. The first-order valence-corrected chi connectivity index (χ1v) is 8.62. The summed E-state index contributed by atoms with van der Waals surface area (Å²) in [7, 11) is 5.34. The molecule has 1 aliphatic heterocycles. The molecule has 0 aliphatic carbocycles. The maximum Gasteiger partial charge on any atom is 0.310 e. The molecule has 1 amide bonds. The van der Waals surface area contributed by atoms with Crippen molar-refractivity contribution in [2.45, 2.75) is 45.3 Å². The third-order valence-corrected chi connectivity index (χ3v) is 4.55. The van der Waals surface area contributed by atoms with E-state index in [0.29, 0.717) is 6.54 Å². The first kappa shape index (κ1) is 20.9. The Labute approximate surface area is 145 Å². The highest BCUT2D eigenvalue weighted by Crippen LogP contribution is 2.28. The number of ether oxygens (including phenoxy) is 3. The first-order chi connectivity index (χ1) is 11.4. The van der Waals surface area contributed by atoms with Crippen LogP contribution in [0.2, 0.25) is 0 Å². The van der Waals surface area contributed by atoms with Crippen LogP contribution in [-0.2, 0) is 23.8 Å². The number of esters is 1. The van der Waals surface area contributed by atoms with Gasteiger partial charge in [-0.15, -0.1) is 0 Å². The van der Waals surface area contributed by atoms with Crippen molar-refractivity contribution in [1.82, 2.24) is 9.80 Å². The molecule has 7 nitrogen and oxygen atoms in total. The molecule has 1 saturated heterocycles. The number of carbonyl (C=O) groups excluding carboxylic acids is 2. The van der Waals surface area contributed by atoms with Crippen molar-refractivity contribution < 1.29 is 23.8 Å². The number of hydrogen-bond acceptors (Lipinski definition) is 6. The first-order valence-electron chi connectivity index (χ1n) is 8.62. The molecule has 140 valence electrons. The van der Waals surface area contributed by atoms with Crippen molar-refractivity contribution >= 4 is 11.9 Å². The van der Waals surface area contributed by atoms with Gasteiger partial charge in [0, 0.05) is 27.2 Å². The minimum absolute atomic E-state index is 0.0408. The molecule has 1 fully saturated rings. The highest BCUT2D eigenvalue weighted by atomic mass is 16.7. The molecule has 1 rings (SSSR count). The van der Waals surface area contributed by atoms with Gasteiger partial charge in [0.1, 0.15) is 0 Å². The maximum absolute atomic E-state index is 12.5. The van der Waals surface area contributed by atoms with Gasteiger partial charge in [0.15, 0.2) is 6.79 Å². The fourth-order valence-corrected chi connectivity index (χ4v) is 2.72. The lowest BCUT2D eigenvalue weighted by Crippen LogP contribution is -2.41. The van der Waals surface area contributed by atoms with Gasteiger partial charge in [-0.2, -0.15) is 0 Å². The predicted molar refractivity (Wildman–Crippen MR) is 90.5 cm³/mol. The number of methoxy groups -OCH3 is 1. The molecule has 0 bridgehead atoms. The van der Waals surface area contributed by atoms with Crippen molar-refractivity contribution in [1.29, 1.82) is 0 Å². The molecule has 0 aromatic heterocycles. The highest BCUT2D eigenvalue weighted by Gasteiger charge is 2.35. The molecule has 0 N–H and O–H groups in total. The normalized spacial score (nSPS) is 21.8. The highest BCUT2D eigenvalue weighted by molar-refractivity contribution is 5.78. The van der Waals surface area contributed by atoms with E-state index in [1.807, 2.05) is 21.0 Å². The van der Waals surface area contributed by atoms with Crippen LogP contribution >= 0.6 is 0 Å². The molecule has 0 radical (unpaired) electrons. The monoisotopic (exact) mass is 344 g/mol. The van der Waals surface area contributed by atoms with E-state index < -0.39 is 0 Å². The van der Waals surface area contributed by atoms with E-state index in [4.69, 9.17) is 14.2 Å². The van der Waals surface area contributed by atoms with E-state index in [0.717, 1.165) is 25.9 Å². The topological polar surface area (TPSA) is 68.3 Å². The van der Waals surface area contributed by atoms with Gasteiger partial charge in [0.2, 0.25) is 5.91 Å². The molecule has 3 atom stereocenters. The van der Waals surface area contributed by atoms with Gasteiger partial charge in [-0.25, -0.2) is 0 Å². The summed E-state index contributed by atoms with van der Waals surface area (Å²) in [6, 6.07) is 0. The third kappa shape index (κ3) is 6.75. The van der Waals surface area contributed by atoms with Gasteiger partial charge < -0.3 is 24.0 Å². The number of amides is 1. The predicted octanol–water partition coefficient (Wildman–Crippen LogP) is 1.12. The molecule has 0 saturated carbocycles. The van der Waals surface area contributed by atoms with Crippen LogP contribution in [0, 0.1) is 5.92 Å². The van der Waals surface area contributed by atoms with Crippen LogP contribution in [0.5, 0.6) is 0 Å². The Hall–Kier alpha value is -1.18. The smallest absolute Gasteiger partial charge is 0.310 e. The fourth-order valence-electron chi connectivity index (χ4n) is 2.72. The zero-order valence-corrected chi connectivity index (χ0v) is 15.6. The van der Waals surface area contributed by atoms with Crippen LogP contribution in [0.15, 0.2) is 0 Å². The molecule has 7 heteroatoms. The van der Waals surface area contributed by atoms with E-state index in [2.05, 4.69) is 11.8 Å². The van der Waals surface area contributed by atoms with Gasteiger partial charge in [0.05, 0.1) is 24.5 Å². The zero-order valence-electron chi connectivity index (χ0n) is 15.6. The largest absolute Gasteiger partial charge is 0.438 e. The average Bonchev–Trinajstić information content (AvgIpc) is 3.04. The van der Waals surface area contributed by atoms with Gasteiger partial charge >= 0.3 is 5.97 Å². The van der Waals surface area contributed by atoms with Crippen LogP contribution in [0.25, 0.3) is 0 Å². The number of carbonyl (C=O) groups is 2. The SMILES string of the molecule is CCN(C)CCN(C)C(=O)C(C)C1CCC(CC(=O)OCOC)O1. The molecule has 0 aromatic rings. The lowest BCUT2D eigenvalue weighted by atomic mass is 10.00. The van der Waals surface area contributed by atoms with Crippen LogP contribution in [0.4, 0.5) is 0 Å². The molecule has 1 aliphatic rings. The van der Waals surface area contributed by atoms with E-state index in [1.54, 1.807) is 4.90 Å². The Morgan fingerprint density at radius 1 is 1.25 bits per heavy atom. The van der Waals surface area contributed by atoms with Crippen LogP contribution < -0.4 is 0 Å². The lowest BCUT2D eigenvalue weighted by Gasteiger charge is -2.26. The summed E-state index contributed by atoms with van der Waals surface area (Å²) in [5.74, 6) is -0.449.